The predicted octanol–water partition coefficient (Wildman–Crippen LogP) is 1.74. The van der Waals surface area contributed by atoms with Crippen LogP contribution in [0, 0.1) is 0 Å². The van der Waals surface area contributed by atoms with Gasteiger partial charge in [-0.25, -0.2) is 4.79 Å². The average molecular weight is 307 g/mol. The smallest absolute Gasteiger partial charge is 0.331 e. The SMILES string of the molecule is COc1ccc(/C=C/C(=O)O[C@H](C)C(=O)N(C)C)cc1OC. The van der Waals surface area contributed by atoms with Crippen molar-refractivity contribution in [3.8, 4) is 11.5 Å². The van der Waals surface area contributed by atoms with Gasteiger partial charge < -0.3 is 19.1 Å². The maximum Gasteiger partial charge on any atom is 0.331 e. The molecule has 0 saturated carbocycles. The lowest BCUT2D eigenvalue weighted by atomic mass is 10.2. The van der Waals surface area contributed by atoms with E-state index in [0.29, 0.717) is 11.5 Å². The van der Waals surface area contributed by atoms with Crippen LogP contribution >= 0.6 is 0 Å². The molecular weight excluding hydrogens is 286 g/mol. The van der Waals surface area contributed by atoms with Crippen LogP contribution in [0.2, 0.25) is 0 Å². The number of amides is 1. The summed E-state index contributed by atoms with van der Waals surface area (Å²) < 4.78 is 15.3. The molecule has 0 radical (unpaired) electrons. The summed E-state index contributed by atoms with van der Waals surface area (Å²) in [5.41, 5.74) is 0.751. The predicted molar refractivity (Wildman–Crippen MR) is 82.8 cm³/mol. The number of hydrogen-bond donors (Lipinski definition) is 0. The molecule has 0 aromatic heterocycles. The van der Waals surface area contributed by atoms with E-state index in [1.165, 1.54) is 25.0 Å². The van der Waals surface area contributed by atoms with E-state index in [2.05, 4.69) is 0 Å². The molecule has 1 amide bonds. The summed E-state index contributed by atoms with van der Waals surface area (Å²) in [6.07, 6.45) is 2.02. The number of esters is 1. The van der Waals surface area contributed by atoms with Crippen molar-refractivity contribution >= 4 is 18.0 Å². The highest BCUT2D eigenvalue weighted by molar-refractivity contribution is 5.90. The van der Waals surface area contributed by atoms with E-state index in [-0.39, 0.29) is 5.91 Å². The molecule has 0 bridgehead atoms. The highest BCUT2D eigenvalue weighted by Crippen LogP contribution is 2.27. The molecule has 0 N–H and O–H groups in total. The first-order valence-corrected chi connectivity index (χ1v) is 6.71. The quantitative estimate of drug-likeness (QED) is 0.591. The molecule has 22 heavy (non-hydrogen) atoms. The molecule has 1 rings (SSSR count). The Bertz CT molecular complexity index is 566. The van der Waals surface area contributed by atoms with Gasteiger partial charge in [0.25, 0.3) is 5.91 Å². The average Bonchev–Trinajstić information content (AvgIpc) is 2.51. The van der Waals surface area contributed by atoms with Gasteiger partial charge in [-0.2, -0.15) is 0 Å². The van der Waals surface area contributed by atoms with Gasteiger partial charge in [-0.3, -0.25) is 4.79 Å². The number of methoxy groups -OCH3 is 2. The van der Waals surface area contributed by atoms with Crippen LogP contribution in [0.15, 0.2) is 24.3 Å². The Labute approximate surface area is 130 Å². The number of benzene rings is 1. The second-order valence-electron chi connectivity index (χ2n) is 4.76. The summed E-state index contributed by atoms with van der Waals surface area (Å²) in [6.45, 7) is 1.53. The van der Waals surface area contributed by atoms with E-state index in [1.54, 1.807) is 45.5 Å². The Kier molecular flexibility index (Phi) is 6.44. The Morgan fingerprint density at radius 3 is 2.32 bits per heavy atom. The lowest BCUT2D eigenvalue weighted by Gasteiger charge is -2.16. The molecule has 0 fully saturated rings. The van der Waals surface area contributed by atoms with E-state index < -0.39 is 12.1 Å². The first-order chi connectivity index (χ1) is 10.4. The van der Waals surface area contributed by atoms with Gasteiger partial charge in [0.2, 0.25) is 0 Å². The fraction of sp³-hybridized carbons (Fsp3) is 0.375. The second-order valence-corrected chi connectivity index (χ2v) is 4.76. The van der Waals surface area contributed by atoms with E-state index in [9.17, 15) is 9.59 Å². The van der Waals surface area contributed by atoms with Gasteiger partial charge in [0.1, 0.15) is 0 Å². The molecule has 0 spiro atoms. The number of carbonyl (C=O) groups excluding carboxylic acids is 2. The third-order valence-electron chi connectivity index (χ3n) is 2.90. The highest BCUT2D eigenvalue weighted by Gasteiger charge is 2.17. The minimum atomic E-state index is -0.822. The van der Waals surface area contributed by atoms with Crippen LogP contribution in [0.25, 0.3) is 6.08 Å². The molecule has 1 aromatic carbocycles. The Morgan fingerprint density at radius 1 is 1.14 bits per heavy atom. The molecule has 0 aliphatic carbocycles. The zero-order valence-corrected chi connectivity index (χ0v) is 13.5. The first-order valence-electron chi connectivity index (χ1n) is 6.71. The largest absolute Gasteiger partial charge is 0.493 e. The van der Waals surface area contributed by atoms with Gasteiger partial charge in [-0.1, -0.05) is 6.07 Å². The number of likely N-dealkylation sites (N-methyl/N-ethyl adjacent to an activating group) is 1. The van der Waals surface area contributed by atoms with Crippen molar-refractivity contribution < 1.29 is 23.8 Å². The van der Waals surface area contributed by atoms with Crippen molar-refractivity contribution in [2.24, 2.45) is 0 Å². The number of ether oxygens (including phenoxy) is 3. The first kappa shape index (κ1) is 17.6. The maximum atomic E-state index is 11.7. The van der Waals surface area contributed by atoms with E-state index in [1.807, 2.05) is 0 Å². The summed E-state index contributed by atoms with van der Waals surface area (Å²) >= 11 is 0. The molecule has 1 atom stereocenters. The van der Waals surface area contributed by atoms with Crippen LogP contribution in [0.4, 0.5) is 0 Å². The minimum Gasteiger partial charge on any atom is -0.493 e. The molecule has 120 valence electrons. The molecule has 0 unspecified atom stereocenters. The fourth-order valence-corrected chi connectivity index (χ4v) is 1.75. The molecule has 0 aliphatic heterocycles. The minimum absolute atomic E-state index is 0.270. The molecule has 6 heteroatoms. The molecule has 0 heterocycles. The number of carbonyl (C=O) groups is 2. The van der Waals surface area contributed by atoms with Gasteiger partial charge in [0, 0.05) is 20.2 Å². The number of rotatable bonds is 6. The van der Waals surface area contributed by atoms with Gasteiger partial charge in [0.15, 0.2) is 17.6 Å². The summed E-state index contributed by atoms with van der Waals surface area (Å²) in [6, 6.07) is 5.25. The van der Waals surface area contributed by atoms with Crippen LogP contribution < -0.4 is 9.47 Å². The van der Waals surface area contributed by atoms with Gasteiger partial charge in [0.05, 0.1) is 14.2 Å². The maximum absolute atomic E-state index is 11.7. The summed E-state index contributed by atoms with van der Waals surface area (Å²) in [7, 11) is 6.29. The number of nitrogens with zero attached hydrogens (tertiary/aromatic N) is 1. The lowest BCUT2D eigenvalue weighted by Crippen LogP contribution is -2.34. The molecular formula is C16H21NO5. The summed E-state index contributed by atoms with van der Waals surface area (Å²) in [5, 5.41) is 0. The lowest BCUT2D eigenvalue weighted by molar-refractivity contribution is -0.153. The van der Waals surface area contributed by atoms with Crippen LogP contribution in [0.3, 0.4) is 0 Å². The second kappa shape index (κ2) is 8.07. The molecule has 1 aromatic rings. The van der Waals surface area contributed by atoms with E-state index in [4.69, 9.17) is 14.2 Å². The Hall–Kier alpha value is -2.50. The van der Waals surface area contributed by atoms with Gasteiger partial charge in [-0.05, 0) is 30.7 Å². The van der Waals surface area contributed by atoms with Crippen molar-refractivity contribution in [3.05, 3.63) is 29.8 Å². The monoisotopic (exact) mass is 307 g/mol. The zero-order chi connectivity index (χ0) is 16.7. The van der Waals surface area contributed by atoms with Crippen LogP contribution in [-0.2, 0) is 14.3 Å². The number of hydrogen-bond acceptors (Lipinski definition) is 5. The Balaban J connectivity index is 2.72. The van der Waals surface area contributed by atoms with Crippen molar-refractivity contribution in [2.75, 3.05) is 28.3 Å². The standard InChI is InChI=1S/C16H21NO5/c1-11(16(19)17(2)3)22-15(18)9-7-12-6-8-13(20-4)14(10-12)21-5/h6-11H,1-5H3/b9-7+/t11-/m1/s1. The zero-order valence-electron chi connectivity index (χ0n) is 13.5. The van der Waals surface area contributed by atoms with Gasteiger partial charge >= 0.3 is 5.97 Å². The van der Waals surface area contributed by atoms with Crippen molar-refractivity contribution in [2.45, 2.75) is 13.0 Å². The van der Waals surface area contributed by atoms with Crippen LogP contribution in [-0.4, -0.2) is 51.2 Å². The van der Waals surface area contributed by atoms with Crippen LogP contribution in [0.5, 0.6) is 11.5 Å². The molecule has 6 nitrogen and oxygen atoms in total. The van der Waals surface area contributed by atoms with Crippen molar-refractivity contribution in [1.29, 1.82) is 0 Å². The third-order valence-corrected chi connectivity index (χ3v) is 2.90. The normalized spacial score (nSPS) is 11.9. The van der Waals surface area contributed by atoms with Crippen molar-refractivity contribution in [3.63, 3.8) is 0 Å². The van der Waals surface area contributed by atoms with Crippen LogP contribution in [0.1, 0.15) is 12.5 Å². The highest BCUT2D eigenvalue weighted by atomic mass is 16.5. The fourth-order valence-electron chi connectivity index (χ4n) is 1.75. The molecule has 0 aliphatic rings. The topological polar surface area (TPSA) is 65.1 Å². The summed E-state index contributed by atoms with van der Waals surface area (Å²) in [4.78, 5) is 24.7. The Morgan fingerprint density at radius 2 is 1.77 bits per heavy atom. The van der Waals surface area contributed by atoms with E-state index in [0.717, 1.165) is 5.56 Å². The van der Waals surface area contributed by atoms with Crippen molar-refractivity contribution in [1.82, 2.24) is 4.90 Å². The third kappa shape index (κ3) is 4.80. The van der Waals surface area contributed by atoms with Gasteiger partial charge in [-0.15, -0.1) is 0 Å². The summed E-state index contributed by atoms with van der Waals surface area (Å²) in [5.74, 6) is 0.312. The molecule has 0 saturated heterocycles. The van der Waals surface area contributed by atoms with E-state index >= 15 is 0 Å².